The molecule has 1 unspecified atom stereocenters. The lowest BCUT2D eigenvalue weighted by Crippen LogP contribution is -2.62. The topological polar surface area (TPSA) is 119 Å². The summed E-state index contributed by atoms with van der Waals surface area (Å²) < 4.78 is 40.8. The van der Waals surface area contributed by atoms with Crippen molar-refractivity contribution in [3.05, 3.63) is 77.5 Å². The number of hydrogen-bond acceptors (Lipinski definition) is 10. The number of piperazine rings is 1. The van der Waals surface area contributed by atoms with E-state index in [1.807, 2.05) is 25.1 Å². The number of methoxy groups -OCH3 is 1. The van der Waals surface area contributed by atoms with E-state index in [9.17, 15) is 13.7 Å². The number of pyridine rings is 1. The molecule has 0 N–H and O–H groups in total. The van der Waals surface area contributed by atoms with Gasteiger partial charge in [0.15, 0.2) is 10.6 Å². The van der Waals surface area contributed by atoms with Gasteiger partial charge in [-0.15, -0.1) is 0 Å². The number of benzene rings is 2. The quantitative estimate of drug-likeness (QED) is 0.367. The molecule has 2 saturated heterocycles. The summed E-state index contributed by atoms with van der Waals surface area (Å²) in [5.41, 5.74) is -0.0658. The molecular formula is C33H38N6O5S. The van der Waals surface area contributed by atoms with Crippen LogP contribution in [-0.2, 0) is 20.4 Å². The van der Waals surface area contributed by atoms with E-state index in [2.05, 4.69) is 32.8 Å². The number of piperidine rings is 1. The van der Waals surface area contributed by atoms with Gasteiger partial charge in [0.1, 0.15) is 11.5 Å². The predicted octanol–water partition coefficient (Wildman–Crippen LogP) is 3.05. The SMILES string of the molecule is CCOc1ccccc1C1(N2CCN(C3CCN(C)CC3)CC2)C(=O)N(S(=O)(=O)c2ccc(OC)cn2)c2ccc(C#N)cc21. The average Bonchev–Trinajstić information content (AvgIpc) is 3.34. The van der Waals surface area contributed by atoms with Crippen molar-refractivity contribution in [2.75, 3.05) is 64.3 Å². The molecule has 0 aliphatic carbocycles. The Morgan fingerprint density at radius 3 is 2.38 bits per heavy atom. The van der Waals surface area contributed by atoms with Crippen molar-refractivity contribution in [1.29, 1.82) is 5.26 Å². The number of amides is 1. The van der Waals surface area contributed by atoms with Crippen LogP contribution in [0.1, 0.15) is 36.5 Å². The highest BCUT2D eigenvalue weighted by Gasteiger charge is 2.61. The highest BCUT2D eigenvalue weighted by molar-refractivity contribution is 7.93. The first-order chi connectivity index (χ1) is 21.7. The van der Waals surface area contributed by atoms with Crippen molar-refractivity contribution >= 4 is 21.6 Å². The Kier molecular flexibility index (Phi) is 8.54. The molecule has 0 radical (unpaired) electrons. The molecule has 4 heterocycles. The number of carbonyl (C=O) groups is 1. The van der Waals surface area contributed by atoms with Crippen molar-refractivity contribution in [2.24, 2.45) is 0 Å². The molecule has 2 aromatic carbocycles. The van der Waals surface area contributed by atoms with Gasteiger partial charge in [-0.2, -0.15) is 18.0 Å². The van der Waals surface area contributed by atoms with Crippen molar-refractivity contribution in [3.8, 4) is 17.6 Å². The number of rotatable bonds is 8. The zero-order chi connectivity index (χ0) is 31.8. The molecule has 3 aliphatic rings. The van der Waals surface area contributed by atoms with Gasteiger partial charge in [-0.1, -0.05) is 18.2 Å². The number of fused-ring (bicyclic) bond motifs is 1. The highest BCUT2D eigenvalue weighted by Crippen LogP contribution is 2.53. The number of aromatic nitrogens is 1. The number of nitriles is 1. The maximum Gasteiger partial charge on any atom is 0.288 e. The van der Waals surface area contributed by atoms with Crippen LogP contribution < -0.4 is 13.8 Å². The first-order valence-corrected chi connectivity index (χ1v) is 16.7. The number of ether oxygens (including phenoxy) is 2. The van der Waals surface area contributed by atoms with Gasteiger partial charge in [-0.3, -0.25) is 14.6 Å². The molecule has 6 rings (SSSR count). The Morgan fingerprint density at radius 2 is 1.73 bits per heavy atom. The van der Waals surface area contributed by atoms with Crippen molar-refractivity contribution < 1.29 is 22.7 Å². The molecule has 1 amide bonds. The van der Waals surface area contributed by atoms with Gasteiger partial charge >= 0.3 is 0 Å². The van der Waals surface area contributed by atoms with Gasteiger partial charge in [-0.05, 0) is 76.3 Å². The Balaban J connectivity index is 1.51. The van der Waals surface area contributed by atoms with Gasteiger partial charge in [0.2, 0.25) is 0 Å². The van der Waals surface area contributed by atoms with Crippen molar-refractivity contribution in [2.45, 2.75) is 36.4 Å². The first-order valence-electron chi connectivity index (χ1n) is 15.3. The molecule has 1 aromatic heterocycles. The van der Waals surface area contributed by atoms with Crippen LogP contribution in [0.2, 0.25) is 0 Å². The number of para-hydroxylation sites is 1. The van der Waals surface area contributed by atoms with E-state index in [0.29, 0.717) is 53.9 Å². The lowest BCUT2D eigenvalue weighted by molar-refractivity contribution is -0.128. The van der Waals surface area contributed by atoms with E-state index >= 15 is 4.79 Å². The van der Waals surface area contributed by atoms with E-state index in [4.69, 9.17) is 9.47 Å². The number of likely N-dealkylation sites (tertiary alicyclic amines) is 1. The normalized spacial score (nSPS) is 21.8. The molecule has 2 fully saturated rings. The van der Waals surface area contributed by atoms with E-state index < -0.39 is 21.5 Å². The van der Waals surface area contributed by atoms with Crippen LogP contribution in [0.15, 0.2) is 65.8 Å². The third kappa shape index (κ3) is 5.23. The summed E-state index contributed by atoms with van der Waals surface area (Å²) in [4.78, 5) is 26.3. The summed E-state index contributed by atoms with van der Waals surface area (Å²) in [5.74, 6) is 0.231. The summed E-state index contributed by atoms with van der Waals surface area (Å²) in [5, 5.41) is 9.65. The fourth-order valence-electron chi connectivity index (χ4n) is 6.98. The molecule has 0 saturated carbocycles. The maximum atomic E-state index is 15.2. The third-order valence-electron chi connectivity index (χ3n) is 9.25. The second-order valence-corrected chi connectivity index (χ2v) is 13.4. The molecule has 3 aromatic rings. The number of hydrogen-bond donors (Lipinski definition) is 0. The summed E-state index contributed by atoms with van der Waals surface area (Å²) >= 11 is 0. The Labute approximate surface area is 264 Å². The second kappa shape index (κ2) is 12.4. The zero-order valence-electron chi connectivity index (χ0n) is 25.8. The largest absolute Gasteiger partial charge is 0.495 e. The van der Waals surface area contributed by atoms with Crippen LogP contribution >= 0.6 is 0 Å². The molecule has 1 atom stereocenters. The van der Waals surface area contributed by atoms with Crippen molar-refractivity contribution in [3.63, 3.8) is 0 Å². The summed E-state index contributed by atoms with van der Waals surface area (Å²) in [7, 11) is -0.857. The number of anilines is 1. The van der Waals surface area contributed by atoms with Gasteiger partial charge in [-0.25, -0.2) is 4.98 Å². The van der Waals surface area contributed by atoms with E-state index in [1.54, 1.807) is 24.3 Å². The van der Waals surface area contributed by atoms with Gasteiger partial charge in [0.25, 0.3) is 15.9 Å². The number of nitrogens with zero attached hydrogens (tertiary/aromatic N) is 6. The first kappa shape index (κ1) is 31.0. The van der Waals surface area contributed by atoms with E-state index in [1.165, 1.54) is 25.4 Å². The lowest BCUT2D eigenvalue weighted by Gasteiger charge is -2.48. The van der Waals surface area contributed by atoms with Crippen LogP contribution in [0.5, 0.6) is 11.5 Å². The minimum absolute atomic E-state index is 0.195. The smallest absolute Gasteiger partial charge is 0.288 e. The van der Waals surface area contributed by atoms with Crippen LogP contribution in [0.25, 0.3) is 0 Å². The predicted molar refractivity (Wildman–Crippen MR) is 169 cm³/mol. The standard InChI is InChI=1S/C33H38N6O5S/c1-4-44-30-8-6-5-7-27(30)33(38-19-17-37(18-20-38)25-13-15-36(2)16-14-25)28-21-24(22-34)9-11-29(28)39(32(33)40)45(41,42)31-12-10-26(43-3)23-35-31/h5-12,21,23,25H,4,13-20H2,1-3H3. The molecular weight excluding hydrogens is 592 g/mol. The van der Waals surface area contributed by atoms with Crippen LogP contribution in [0, 0.1) is 11.3 Å². The Bertz CT molecular complexity index is 1710. The lowest BCUT2D eigenvalue weighted by atomic mass is 9.80. The molecule has 45 heavy (non-hydrogen) atoms. The van der Waals surface area contributed by atoms with E-state index in [0.717, 1.165) is 43.3 Å². The molecule has 11 nitrogen and oxygen atoms in total. The van der Waals surface area contributed by atoms with Gasteiger partial charge in [0, 0.05) is 43.3 Å². The number of sulfonamides is 1. The van der Waals surface area contributed by atoms with E-state index in [-0.39, 0.29) is 10.7 Å². The molecule has 12 heteroatoms. The average molecular weight is 631 g/mol. The van der Waals surface area contributed by atoms with Crippen molar-refractivity contribution in [1.82, 2.24) is 19.7 Å². The highest BCUT2D eigenvalue weighted by atomic mass is 32.2. The molecule has 3 aliphatic heterocycles. The second-order valence-electron chi connectivity index (χ2n) is 11.7. The molecule has 0 bridgehead atoms. The minimum Gasteiger partial charge on any atom is -0.495 e. The summed E-state index contributed by atoms with van der Waals surface area (Å²) in [6.45, 7) is 6.80. The number of carbonyl (C=O) groups excluding carboxylic acids is 1. The summed E-state index contributed by atoms with van der Waals surface area (Å²) in [6, 6.07) is 17.5. The fraction of sp³-hybridized carbons (Fsp3) is 0.424. The molecule has 236 valence electrons. The van der Waals surface area contributed by atoms with Crippen LogP contribution in [0.3, 0.4) is 0 Å². The third-order valence-corrected chi connectivity index (χ3v) is 10.9. The van der Waals surface area contributed by atoms with Gasteiger partial charge < -0.3 is 14.4 Å². The molecule has 0 spiro atoms. The monoisotopic (exact) mass is 630 g/mol. The minimum atomic E-state index is -4.47. The Hall–Kier alpha value is -4.02. The van der Waals surface area contributed by atoms with Gasteiger partial charge in [0.05, 0.1) is 37.2 Å². The zero-order valence-corrected chi connectivity index (χ0v) is 26.7. The van der Waals surface area contributed by atoms with Crippen LogP contribution in [0.4, 0.5) is 5.69 Å². The van der Waals surface area contributed by atoms with Crippen LogP contribution in [-0.4, -0.2) is 100 Å². The Morgan fingerprint density at radius 1 is 1.00 bits per heavy atom. The maximum absolute atomic E-state index is 15.2. The summed E-state index contributed by atoms with van der Waals surface area (Å²) in [6.07, 6.45) is 3.49. The fourth-order valence-corrected chi connectivity index (χ4v) is 8.36.